The lowest BCUT2D eigenvalue weighted by Gasteiger charge is -2.30. The summed E-state index contributed by atoms with van der Waals surface area (Å²) in [5.74, 6) is 2.00. The van der Waals surface area contributed by atoms with Gasteiger partial charge in [0.15, 0.2) is 0 Å². The number of rotatable bonds is 4. The lowest BCUT2D eigenvalue weighted by Crippen LogP contribution is -2.18. The van der Waals surface area contributed by atoms with Crippen LogP contribution >= 0.6 is 0 Å². The Morgan fingerprint density at radius 2 is 2.00 bits per heavy atom. The second-order valence-electron chi connectivity index (χ2n) is 4.20. The van der Waals surface area contributed by atoms with Crippen LogP contribution in [0.15, 0.2) is 18.4 Å². The molecule has 1 saturated carbocycles. The largest absolute Gasteiger partial charge is 0.133 e. The monoisotopic (exact) mass is 178 g/mol. The van der Waals surface area contributed by atoms with E-state index in [1.807, 2.05) is 0 Å². The summed E-state index contributed by atoms with van der Waals surface area (Å²) >= 11 is 0. The van der Waals surface area contributed by atoms with Gasteiger partial charge in [-0.15, -0.1) is 5.73 Å². The Morgan fingerprint density at radius 1 is 1.31 bits per heavy atom. The van der Waals surface area contributed by atoms with Crippen molar-refractivity contribution in [3.05, 3.63) is 18.4 Å². The van der Waals surface area contributed by atoms with Crippen molar-refractivity contribution in [2.45, 2.75) is 51.9 Å². The van der Waals surface area contributed by atoms with Crippen LogP contribution in [0.25, 0.3) is 0 Å². The van der Waals surface area contributed by atoms with Crippen molar-refractivity contribution in [3.63, 3.8) is 0 Å². The highest BCUT2D eigenvalue weighted by molar-refractivity contribution is 4.80. The van der Waals surface area contributed by atoms with Crippen LogP contribution in [0.1, 0.15) is 51.9 Å². The number of hydrogen-bond donors (Lipinski definition) is 0. The summed E-state index contributed by atoms with van der Waals surface area (Å²) < 4.78 is 0. The third-order valence-corrected chi connectivity index (χ3v) is 3.42. The summed E-state index contributed by atoms with van der Waals surface area (Å²) in [5, 5.41) is 0. The zero-order valence-electron chi connectivity index (χ0n) is 8.89. The predicted molar refractivity (Wildman–Crippen MR) is 58.7 cm³/mol. The van der Waals surface area contributed by atoms with Gasteiger partial charge in [0.25, 0.3) is 0 Å². The first-order valence-corrected chi connectivity index (χ1v) is 5.72. The fourth-order valence-corrected chi connectivity index (χ4v) is 2.60. The van der Waals surface area contributed by atoms with E-state index in [0.717, 1.165) is 11.8 Å². The van der Waals surface area contributed by atoms with Crippen LogP contribution in [0, 0.1) is 11.8 Å². The normalized spacial score (nSPS) is 28.1. The van der Waals surface area contributed by atoms with E-state index in [1.54, 1.807) is 0 Å². The average Bonchev–Trinajstić information content (AvgIpc) is 2.19. The summed E-state index contributed by atoms with van der Waals surface area (Å²) in [5.41, 5.74) is 2.87. The van der Waals surface area contributed by atoms with E-state index >= 15 is 0 Å². The molecule has 0 radical (unpaired) electrons. The van der Waals surface area contributed by atoms with Crippen molar-refractivity contribution in [2.24, 2.45) is 11.8 Å². The average molecular weight is 178 g/mol. The van der Waals surface area contributed by atoms with E-state index in [1.165, 1.54) is 44.9 Å². The van der Waals surface area contributed by atoms with E-state index in [2.05, 4.69) is 25.3 Å². The maximum Gasteiger partial charge on any atom is -0.0272 e. The molecule has 0 aliphatic heterocycles. The summed E-state index contributed by atoms with van der Waals surface area (Å²) in [4.78, 5) is 0. The minimum absolute atomic E-state index is 0.989. The summed E-state index contributed by atoms with van der Waals surface area (Å²) in [6.45, 7) is 5.94. The second kappa shape index (κ2) is 6.05. The van der Waals surface area contributed by atoms with Gasteiger partial charge in [0, 0.05) is 0 Å². The van der Waals surface area contributed by atoms with Crippen LogP contribution in [-0.4, -0.2) is 0 Å². The Hall–Kier alpha value is -0.480. The highest BCUT2D eigenvalue weighted by Crippen LogP contribution is 2.34. The first-order chi connectivity index (χ1) is 6.38. The number of allylic oxidation sites excluding steroid dienone is 1. The molecule has 0 aromatic carbocycles. The topological polar surface area (TPSA) is 0 Å². The fourth-order valence-electron chi connectivity index (χ4n) is 2.60. The second-order valence-corrected chi connectivity index (χ2v) is 4.20. The van der Waals surface area contributed by atoms with Gasteiger partial charge in [0.2, 0.25) is 0 Å². The minimum Gasteiger partial charge on any atom is -0.133 e. The first-order valence-electron chi connectivity index (χ1n) is 5.72. The molecule has 0 bridgehead atoms. The SMILES string of the molecule is C=C=CCCC1CCCCC1CC. The highest BCUT2D eigenvalue weighted by atomic mass is 14.3. The zero-order valence-corrected chi connectivity index (χ0v) is 8.89. The third kappa shape index (κ3) is 3.40. The molecular weight excluding hydrogens is 156 g/mol. The minimum atomic E-state index is 0.989. The van der Waals surface area contributed by atoms with E-state index in [4.69, 9.17) is 0 Å². The quantitative estimate of drug-likeness (QED) is 0.562. The maximum atomic E-state index is 3.60. The van der Waals surface area contributed by atoms with E-state index in [-0.39, 0.29) is 0 Å². The predicted octanol–water partition coefficient (Wildman–Crippen LogP) is 4.32. The highest BCUT2D eigenvalue weighted by Gasteiger charge is 2.22. The molecule has 0 N–H and O–H groups in total. The van der Waals surface area contributed by atoms with Gasteiger partial charge in [-0.2, -0.15) is 0 Å². The molecule has 1 aliphatic rings. The van der Waals surface area contributed by atoms with Crippen molar-refractivity contribution in [1.29, 1.82) is 0 Å². The Bertz CT molecular complexity index is 174. The molecule has 1 aliphatic carbocycles. The fraction of sp³-hybridized carbons (Fsp3) is 0.769. The van der Waals surface area contributed by atoms with Crippen LogP contribution in [0.5, 0.6) is 0 Å². The van der Waals surface area contributed by atoms with Crippen LogP contribution in [0.4, 0.5) is 0 Å². The van der Waals surface area contributed by atoms with Crippen LogP contribution in [0.3, 0.4) is 0 Å². The summed E-state index contributed by atoms with van der Waals surface area (Å²) in [7, 11) is 0. The molecule has 74 valence electrons. The maximum absolute atomic E-state index is 3.60. The molecule has 0 aromatic rings. The molecule has 0 spiro atoms. The molecule has 0 amide bonds. The van der Waals surface area contributed by atoms with Crippen LogP contribution in [-0.2, 0) is 0 Å². The van der Waals surface area contributed by atoms with Gasteiger partial charge in [0.1, 0.15) is 0 Å². The van der Waals surface area contributed by atoms with Gasteiger partial charge in [-0.25, -0.2) is 0 Å². The molecule has 2 atom stereocenters. The molecule has 1 rings (SSSR count). The molecule has 2 unspecified atom stereocenters. The third-order valence-electron chi connectivity index (χ3n) is 3.42. The van der Waals surface area contributed by atoms with Crippen molar-refractivity contribution < 1.29 is 0 Å². The molecular formula is C13H22. The molecule has 13 heavy (non-hydrogen) atoms. The van der Waals surface area contributed by atoms with Gasteiger partial charge in [-0.3, -0.25) is 0 Å². The summed E-state index contributed by atoms with van der Waals surface area (Å²) in [6, 6.07) is 0. The molecule has 1 fully saturated rings. The molecule has 0 nitrogen and oxygen atoms in total. The molecule has 0 heteroatoms. The van der Waals surface area contributed by atoms with Gasteiger partial charge >= 0.3 is 0 Å². The Kier molecular flexibility index (Phi) is 4.93. The molecule has 0 aromatic heterocycles. The van der Waals surface area contributed by atoms with Crippen molar-refractivity contribution in [1.82, 2.24) is 0 Å². The van der Waals surface area contributed by atoms with E-state index < -0.39 is 0 Å². The van der Waals surface area contributed by atoms with Crippen LogP contribution in [0.2, 0.25) is 0 Å². The Morgan fingerprint density at radius 3 is 2.62 bits per heavy atom. The van der Waals surface area contributed by atoms with Gasteiger partial charge in [-0.1, -0.05) is 45.6 Å². The van der Waals surface area contributed by atoms with Gasteiger partial charge in [0.05, 0.1) is 0 Å². The Labute approximate surface area is 82.7 Å². The van der Waals surface area contributed by atoms with Gasteiger partial charge < -0.3 is 0 Å². The van der Waals surface area contributed by atoms with Crippen molar-refractivity contribution in [2.75, 3.05) is 0 Å². The lowest BCUT2D eigenvalue weighted by molar-refractivity contribution is 0.219. The van der Waals surface area contributed by atoms with Gasteiger partial charge in [-0.05, 0) is 30.8 Å². The molecule has 0 heterocycles. The van der Waals surface area contributed by atoms with Crippen molar-refractivity contribution in [3.8, 4) is 0 Å². The molecule has 0 saturated heterocycles. The Balaban J connectivity index is 2.31. The van der Waals surface area contributed by atoms with Crippen LogP contribution < -0.4 is 0 Å². The number of hydrogen-bond acceptors (Lipinski definition) is 0. The first kappa shape index (κ1) is 10.6. The summed E-state index contributed by atoms with van der Waals surface area (Å²) in [6.07, 6.45) is 11.9. The van der Waals surface area contributed by atoms with Crippen molar-refractivity contribution >= 4 is 0 Å². The lowest BCUT2D eigenvalue weighted by atomic mass is 9.76. The standard InChI is InChI=1S/C13H22/c1-3-5-6-10-13-11-8-7-9-12(13)4-2/h5,12-13H,1,4,6-11H2,2H3. The van der Waals surface area contributed by atoms with E-state index in [9.17, 15) is 0 Å². The van der Waals surface area contributed by atoms with E-state index in [0.29, 0.717) is 0 Å². The smallest absolute Gasteiger partial charge is 0.0272 e. The zero-order chi connectivity index (χ0) is 9.52.